The molecule has 0 aliphatic heterocycles. The van der Waals surface area contributed by atoms with Crippen LogP contribution in [0.5, 0.6) is 11.5 Å². The van der Waals surface area contributed by atoms with E-state index in [2.05, 4.69) is 5.32 Å². The lowest BCUT2D eigenvalue weighted by atomic mass is 10.2. The topological polar surface area (TPSA) is 47.6 Å². The van der Waals surface area contributed by atoms with Gasteiger partial charge < -0.3 is 14.8 Å². The van der Waals surface area contributed by atoms with Gasteiger partial charge in [-0.2, -0.15) is 0 Å². The molecule has 0 spiro atoms. The zero-order chi connectivity index (χ0) is 16.7. The highest BCUT2D eigenvalue weighted by Crippen LogP contribution is 2.36. The maximum atomic E-state index is 12.1. The molecule has 1 N–H and O–H groups in total. The summed E-state index contributed by atoms with van der Waals surface area (Å²) in [5, 5.41) is 3.21. The molecule has 2 aromatic carbocycles. The van der Waals surface area contributed by atoms with Gasteiger partial charge in [-0.05, 0) is 12.1 Å². The van der Waals surface area contributed by atoms with Crippen molar-refractivity contribution in [2.75, 3.05) is 25.3 Å². The quantitative estimate of drug-likeness (QED) is 0.747. The third kappa shape index (κ3) is 5.08. The molecule has 0 aliphatic rings. The Labute approximate surface area is 145 Å². The van der Waals surface area contributed by atoms with E-state index in [0.29, 0.717) is 34.4 Å². The SMILES string of the molecule is COc1cc(Cl)c(NC(=O)CCSc2ccccc2)cc1OC. The van der Waals surface area contributed by atoms with E-state index in [0.717, 1.165) is 4.90 Å². The van der Waals surface area contributed by atoms with Crippen LogP contribution in [0.3, 0.4) is 0 Å². The number of benzene rings is 2. The zero-order valence-electron chi connectivity index (χ0n) is 13.0. The molecule has 122 valence electrons. The van der Waals surface area contributed by atoms with Crippen LogP contribution in [0.4, 0.5) is 5.69 Å². The fourth-order valence-electron chi connectivity index (χ4n) is 1.94. The summed E-state index contributed by atoms with van der Waals surface area (Å²) in [5.41, 5.74) is 0.513. The normalized spacial score (nSPS) is 10.2. The van der Waals surface area contributed by atoms with Crippen LogP contribution in [0.2, 0.25) is 5.02 Å². The molecule has 6 heteroatoms. The van der Waals surface area contributed by atoms with Crippen LogP contribution in [0, 0.1) is 0 Å². The first-order valence-corrected chi connectivity index (χ1v) is 8.39. The van der Waals surface area contributed by atoms with E-state index in [1.165, 1.54) is 14.2 Å². The van der Waals surface area contributed by atoms with Gasteiger partial charge in [0.1, 0.15) is 0 Å². The molecule has 0 radical (unpaired) electrons. The highest BCUT2D eigenvalue weighted by molar-refractivity contribution is 7.99. The van der Waals surface area contributed by atoms with Crippen molar-refractivity contribution in [1.82, 2.24) is 0 Å². The number of carbonyl (C=O) groups is 1. The molecule has 2 rings (SSSR count). The number of methoxy groups -OCH3 is 2. The lowest BCUT2D eigenvalue weighted by Crippen LogP contribution is -2.12. The van der Waals surface area contributed by atoms with Gasteiger partial charge in [0.05, 0.1) is 24.9 Å². The third-order valence-corrected chi connectivity index (χ3v) is 4.41. The molecule has 0 atom stereocenters. The lowest BCUT2D eigenvalue weighted by Gasteiger charge is -2.12. The molecule has 0 aliphatic carbocycles. The van der Waals surface area contributed by atoms with E-state index < -0.39 is 0 Å². The van der Waals surface area contributed by atoms with Gasteiger partial charge in [-0.15, -0.1) is 11.8 Å². The van der Waals surface area contributed by atoms with Crippen molar-refractivity contribution in [3.8, 4) is 11.5 Å². The Balaban J connectivity index is 1.92. The van der Waals surface area contributed by atoms with Crippen LogP contribution in [0.25, 0.3) is 0 Å². The molecule has 23 heavy (non-hydrogen) atoms. The van der Waals surface area contributed by atoms with E-state index in [-0.39, 0.29) is 5.91 Å². The van der Waals surface area contributed by atoms with Gasteiger partial charge in [0.25, 0.3) is 0 Å². The average molecular weight is 352 g/mol. The van der Waals surface area contributed by atoms with E-state index in [1.54, 1.807) is 23.9 Å². The van der Waals surface area contributed by atoms with Crippen LogP contribution in [0.1, 0.15) is 6.42 Å². The number of anilines is 1. The monoisotopic (exact) mass is 351 g/mol. The Morgan fingerprint density at radius 3 is 2.43 bits per heavy atom. The van der Waals surface area contributed by atoms with Gasteiger partial charge in [-0.3, -0.25) is 4.79 Å². The van der Waals surface area contributed by atoms with Crippen molar-refractivity contribution in [2.45, 2.75) is 11.3 Å². The lowest BCUT2D eigenvalue weighted by molar-refractivity contribution is -0.115. The average Bonchev–Trinajstić information content (AvgIpc) is 2.57. The highest BCUT2D eigenvalue weighted by Gasteiger charge is 2.12. The van der Waals surface area contributed by atoms with Crippen molar-refractivity contribution in [3.05, 3.63) is 47.5 Å². The van der Waals surface area contributed by atoms with Crippen molar-refractivity contribution in [3.63, 3.8) is 0 Å². The van der Waals surface area contributed by atoms with Gasteiger partial charge in [-0.25, -0.2) is 0 Å². The molecule has 0 fully saturated rings. The Hall–Kier alpha value is -1.85. The van der Waals surface area contributed by atoms with Gasteiger partial charge >= 0.3 is 0 Å². The highest BCUT2D eigenvalue weighted by atomic mass is 35.5. The number of thioether (sulfide) groups is 1. The standard InChI is InChI=1S/C17H18ClNO3S/c1-21-15-10-13(18)14(11-16(15)22-2)19-17(20)8-9-23-12-6-4-3-5-7-12/h3-7,10-11H,8-9H2,1-2H3,(H,19,20). The summed E-state index contributed by atoms with van der Waals surface area (Å²) in [6, 6.07) is 13.2. The van der Waals surface area contributed by atoms with Crippen molar-refractivity contribution in [1.29, 1.82) is 0 Å². The van der Waals surface area contributed by atoms with Crippen LogP contribution in [-0.2, 0) is 4.79 Å². The molecule has 0 bridgehead atoms. The van der Waals surface area contributed by atoms with Crippen LogP contribution >= 0.6 is 23.4 Å². The summed E-state index contributed by atoms with van der Waals surface area (Å²) in [6.07, 6.45) is 0.393. The molecule has 4 nitrogen and oxygen atoms in total. The summed E-state index contributed by atoms with van der Waals surface area (Å²) in [5.74, 6) is 1.64. The van der Waals surface area contributed by atoms with Gasteiger partial charge in [0, 0.05) is 29.2 Å². The van der Waals surface area contributed by atoms with E-state index in [1.807, 2.05) is 30.3 Å². The van der Waals surface area contributed by atoms with Crippen molar-refractivity contribution < 1.29 is 14.3 Å². The number of rotatable bonds is 7. The second-order valence-corrected chi connectivity index (χ2v) is 6.22. The molecule has 0 aromatic heterocycles. The number of carbonyl (C=O) groups excluding carboxylic acids is 1. The summed E-state index contributed by atoms with van der Waals surface area (Å²) < 4.78 is 10.4. The largest absolute Gasteiger partial charge is 0.493 e. The maximum absolute atomic E-state index is 12.1. The van der Waals surface area contributed by atoms with E-state index in [4.69, 9.17) is 21.1 Å². The summed E-state index contributed by atoms with van der Waals surface area (Å²) >= 11 is 7.79. The zero-order valence-corrected chi connectivity index (χ0v) is 14.5. The Kier molecular flexibility index (Phi) is 6.62. The minimum absolute atomic E-state index is 0.0949. The van der Waals surface area contributed by atoms with Gasteiger partial charge in [0.2, 0.25) is 5.91 Å². The molecule has 0 unspecified atom stereocenters. The predicted octanol–water partition coefficient (Wildman–Crippen LogP) is 4.48. The smallest absolute Gasteiger partial charge is 0.225 e. The Morgan fingerprint density at radius 1 is 1.13 bits per heavy atom. The Morgan fingerprint density at radius 2 is 1.78 bits per heavy atom. The number of ether oxygens (including phenoxy) is 2. The number of halogens is 1. The van der Waals surface area contributed by atoms with Gasteiger partial charge in [-0.1, -0.05) is 29.8 Å². The van der Waals surface area contributed by atoms with Crippen molar-refractivity contribution in [2.24, 2.45) is 0 Å². The minimum Gasteiger partial charge on any atom is -0.493 e. The third-order valence-electron chi connectivity index (χ3n) is 3.09. The first-order chi connectivity index (χ1) is 11.1. The number of hydrogen-bond acceptors (Lipinski definition) is 4. The first-order valence-electron chi connectivity index (χ1n) is 7.03. The van der Waals surface area contributed by atoms with E-state index in [9.17, 15) is 4.79 Å². The summed E-state index contributed by atoms with van der Waals surface area (Å²) in [7, 11) is 3.07. The molecule has 0 heterocycles. The molecule has 2 aromatic rings. The molecule has 0 saturated heterocycles. The predicted molar refractivity (Wildman–Crippen MR) is 95.0 cm³/mol. The molecular formula is C17H18ClNO3S. The number of amides is 1. The van der Waals surface area contributed by atoms with Gasteiger partial charge in [0.15, 0.2) is 11.5 Å². The van der Waals surface area contributed by atoms with Crippen LogP contribution in [-0.4, -0.2) is 25.9 Å². The second kappa shape index (κ2) is 8.70. The van der Waals surface area contributed by atoms with Crippen LogP contribution in [0.15, 0.2) is 47.4 Å². The minimum atomic E-state index is -0.0949. The number of nitrogens with one attached hydrogen (secondary N) is 1. The first kappa shape index (κ1) is 17.5. The molecule has 0 saturated carbocycles. The van der Waals surface area contributed by atoms with Crippen molar-refractivity contribution >= 4 is 35.0 Å². The fourth-order valence-corrected chi connectivity index (χ4v) is 3.01. The maximum Gasteiger partial charge on any atom is 0.225 e. The number of hydrogen-bond donors (Lipinski definition) is 1. The van der Waals surface area contributed by atoms with Crippen LogP contribution < -0.4 is 14.8 Å². The molecular weight excluding hydrogens is 334 g/mol. The Bertz CT molecular complexity index is 664. The molecule has 1 amide bonds. The fraction of sp³-hybridized carbons (Fsp3) is 0.235. The summed E-state index contributed by atoms with van der Waals surface area (Å²) in [4.78, 5) is 13.2. The van der Waals surface area contributed by atoms with E-state index >= 15 is 0 Å². The summed E-state index contributed by atoms with van der Waals surface area (Å²) in [6.45, 7) is 0. The second-order valence-electron chi connectivity index (χ2n) is 4.65.